The summed E-state index contributed by atoms with van der Waals surface area (Å²) in [5.74, 6) is 0.922. The Hall–Kier alpha value is -1.74. The molecule has 6 nitrogen and oxygen atoms in total. The van der Waals surface area contributed by atoms with Crippen molar-refractivity contribution in [1.82, 2.24) is 25.5 Å². The molecular weight excluding hydrogens is 475 g/mol. The highest BCUT2D eigenvalue weighted by Crippen LogP contribution is 2.13. The number of aryl methyl sites for hydroxylation is 1. The number of likely N-dealkylation sites (tertiary alicyclic amines) is 1. The number of guanidine groups is 1. The lowest BCUT2D eigenvalue weighted by molar-refractivity contribution is 0.196. The lowest BCUT2D eigenvalue weighted by Gasteiger charge is -2.32. The van der Waals surface area contributed by atoms with Gasteiger partial charge in [-0.2, -0.15) is 0 Å². The first-order chi connectivity index (χ1) is 13.7. The minimum atomic E-state index is 0. The lowest BCUT2D eigenvalue weighted by Crippen LogP contribution is -2.48. The number of pyridine rings is 2. The van der Waals surface area contributed by atoms with Crippen molar-refractivity contribution in [2.75, 3.05) is 26.2 Å². The van der Waals surface area contributed by atoms with Crippen LogP contribution in [-0.2, 0) is 13.0 Å². The highest BCUT2D eigenvalue weighted by molar-refractivity contribution is 14.0. The van der Waals surface area contributed by atoms with Gasteiger partial charge in [0, 0.05) is 56.9 Å². The molecule has 1 fully saturated rings. The average molecular weight is 508 g/mol. The molecule has 2 N–H and O–H groups in total. The summed E-state index contributed by atoms with van der Waals surface area (Å²) >= 11 is 0. The summed E-state index contributed by atoms with van der Waals surface area (Å²) in [5, 5.41) is 6.99. The molecule has 0 amide bonds. The molecule has 0 unspecified atom stereocenters. The normalized spacial score (nSPS) is 15.6. The molecule has 3 heterocycles. The number of halogens is 1. The quantitative estimate of drug-likeness (QED) is 0.342. The highest BCUT2D eigenvalue weighted by Gasteiger charge is 2.20. The van der Waals surface area contributed by atoms with Gasteiger partial charge in [-0.25, -0.2) is 0 Å². The van der Waals surface area contributed by atoms with Crippen molar-refractivity contribution in [3.63, 3.8) is 0 Å². The number of nitrogens with zero attached hydrogens (tertiary/aromatic N) is 4. The molecule has 7 heteroatoms. The second-order valence-corrected chi connectivity index (χ2v) is 7.33. The fraction of sp³-hybridized carbons (Fsp3) is 0.500. The van der Waals surface area contributed by atoms with Crippen LogP contribution in [0.5, 0.6) is 0 Å². The fourth-order valence-corrected chi connectivity index (χ4v) is 3.41. The zero-order chi connectivity index (χ0) is 19.6. The third-order valence-corrected chi connectivity index (χ3v) is 5.03. The van der Waals surface area contributed by atoms with E-state index in [0.29, 0.717) is 6.04 Å². The molecule has 0 atom stereocenters. The second-order valence-electron chi connectivity index (χ2n) is 7.33. The Morgan fingerprint density at radius 1 is 1.17 bits per heavy atom. The van der Waals surface area contributed by atoms with Gasteiger partial charge in [-0.1, -0.05) is 12.1 Å². The highest BCUT2D eigenvalue weighted by atomic mass is 127. The Morgan fingerprint density at radius 2 is 2.00 bits per heavy atom. The van der Waals surface area contributed by atoms with E-state index in [0.717, 1.165) is 69.3 Å². The van der Waals surface area contributed by atoms with E-state index < -0.39 is 0 Å². The predicted molar refractivity (Wildman–Crippen MR) is 130 cm³/mol. The van der Waals surface area contributed by atoms with Crippen LogP contribution in [0.1, 0.15) is 36.7 Å². The maximum Gasteiger partial charge on any atom is 0.191 e. The van der Waals surface area contributed by atoms with Gasteiger partial charge in [0.1, 0.15) is 0 Å². The van der Waals surface area contributed by atoms with Gasteiger partial charge < -0.3 is 10.6 Å². The van der Waals surface area contributed by atoms with Crippen LogP contribution >= 0.6 is 24.0 Å². The monoisotopic (exact) mass is 508 g/mol. The Bertz CT molecular complexity index is 727. The fourth-order valence-electron chi connectivity index (χ4n) is 3.41. The van der Waals surface area contributed by atoms with Crippen molar-refractivity contribution in [2.45, 2.75) is 45.7 Å². The summed E-state index contributed by atoms with van der Waals surface area (Å²) in [5.41, 5.74) is 3.43. The molecule has 0 saturated carbocycles. The molecule has 0 radical (unpaired) electrons. The molecule has 29 heavy (non-hydrogen) atoms. The van der Waals surface area contributed by atoms with Crippen LogP contribution in [0, 0.1) is 6.92 Å². The third-order valence-electron chi connectivity index (χ3n) is 5.03. The number of aliphatic imine (C=N–C) groups is 1. The first-order valence-electron chi connectivity index (χ1n) is 10.3. The van der Waals surface area contributed by atoms with Crippen LogP contribution < -0.4 is 10.6 Å². The largest absolute Gasteiger partial charge is 0.357 e. The molecule has 1 saturated heterocycles. The van der Waals surface area contributed by atoms with Gasteiger partial charge in [0.25, 0.3) is 0 Å². The minimum Gasteiger partial charge on any atom is -0.357 e. The van der Waals surface area contributed by atoms with Crippen LogP contribution in [-0.4, -0.2) is 53.0 Å². The summed E-state index contributed by atoms with van der Waals surface area (Å²) in [6, 6.07) is 10.8. The molecule has 1 aliphatic heterocycles. The van der Waals surface area contributed by atoms with Gasteiger partial charge in [0.05, 0.1) is 5.69 Å². The van der Waals surface area contributed by atoms with Crippen molar-refractivity contribution in [3.05, 3.63) is 59.7 Å². The summed E-state index contributed by atoms with van der Waals surface area (Å²) in [4.78, 5) is 16.0. The smallest absolute Gasteiger partial charge is 0.191 e. The van der Waals surface area contributed by atoms with Gasteiger partial charge in [-0.3, -0.25) is 19.9 Å². The Labute approximate surface area is 191 Å². The van der Waals surface area contributed by atoms with E-state index >= 15 is 0 Å². The minimum absolute atomic E-state index is 0. The summed E-state index contributed by atoms with van der Waals surface area (Å²) < 4.78 is 0. The lowest BCUT2D eigenvalue weighted by atomic mass is 10.0. The van der Waals surface area contributed by atoms with E-state index in [1.807, 2.05) is 25.4 Å². The van der Waals surface area contributed by atoms with Gasteiger partial charge in [0.15, 0.2) is 5.96 Å². The topological polar surface area (TPSA) is 65.4 Å². The standard InChI is InChI=1S/C22H32N6.HI/c1-3-23-22(25-13-9-19-8-7-18(2)26-16-19)27-20-10-14-28(15-11-20)17-21-6-4-5-12-24-21;/h4-8,12,16,20H,3,9-11,13-15,17H2,1-2H3,(H2,23,25,27);1H. The number of rotatable bonds is 7. The summed E-state index contributed by atoms with van der Waals surface area (Å²) in [6.07, 6.45) is 6.97. The van der Waals surface area contributed by atoms with E-state index in [1.54, 1.807) is 0 Å². The van der Waals surface area contributed by atoms with Crippen LogP contribution in [0.4, 0.5) is 0 Å². The first kappa shape index (κ1) is 23.5. The Morgan fingerprint density at radius 3 is 2.66 bits per heavy atom. The maximum absolute atomic E-state index is 4.76. The van der Waals surface area contributed by atoms with Crippen LogP contribution in [0.3, 0.4) is 0 Å². The van der Waals surface area contributed by atoms with Gasteiger partial charge in [-0.15, -0.1) is 24.0 Å². The molecule has 3 rings (SSSR count). The van der Waals surface area contributed by atoms with E-state index in [2.05, 4.69) is 56.7 Å². The number of aromatic nitrogens is 2. The van der Waals surface area contributed by atoms with Crippen molar-refractivity contribution >= 4 is 29.9 Å². The molecule has 0 spiro atoms. The van der Waals surface area contributed by atoms with E-state index in [-0.39, 0.29) is 24.0 Å². The second kappa shape index (κ2) is 12.7. The van der Waals surface area contributed by atoms with Crippen LogP contribution in [0.2, 0.25) is 0 Å². The molecule has 158 valence electrons. The zero-order valence-corrected chi connectivity index (χ0v) is 19.8. The first-order valence-corrected chi connectivity index (χ1v) is 10.3. The van der Waals surface area contributed by atoms with Gasteiger partial charge >= 0.3 is 0 Å². The molecule has 2 aromatic heterocycles. The van der Waals surface area contributed by atoms with Crippen molar-refractivity contribution < 1.29 is 0 Å². The Balaban J connectivity index is 0.00000300. The predicted octanol–water partition coefficient (Wildman–Crippen LogP) is 3.17. The van der Waals surface area contributed by atoms with E-state index in [4.69, 9.17) is 4.99 Å². The average Bonchev–Trinajstić information content (AvgIpc) is 2.72. The molecule has 2 aromatic rings. The van der Waals surface area contributed by atoms with Crippen molar-refractivity contribution in [1.29, 1.82) is 0 Å². The van der Waals surface area contributed by atoms with E-state index in [1.165, 1.54) is 5.56 Å². The Kier molecular flexibility index (Phi) is 10.3. The number of hydrogen-bond donors (Lipinski definition) is 2. The molecule has 0 bridgehead atoms. The number of hydrogen-bond acceptors (Lipinski definition) is 4. The molecule has 1 aliphatic rings. The zero-order valence-electron chi connectivity index (χ0n) is 17.5. The van der Waals surface area contributed by atoms with Crippen LogP contribution in [0.15, 0.2) is 47.7 Å². The van der Waals surface area contributed by atoms with Crippen molar-refractivity contribution in [2.24, 2.45) is 4.99 Å². The summed E-state index contributed by atoms with van der Waals surface area (Å²) in [7, 11) is 0. The molecule has 0 aliphatic carbocycles. The van der Waals surface area contributed by atoms with Crippen LogP contribution in [0.25, 0.3) is 0 Å². The molecule has 0 aromatic carbocycles. The summed E-state index contributed by atoms with van der Waals surface area (Å²) in [6.45, 7) is 8.86. The SMILES string of the molecule is CCNC(=NCCc1ccc(C)nc1)NC1CCN(Cc2ccccn2)CC1.I. The van der Waals surface area contributed by atoms with E-state index in [9.17, 15) is 0 Å². The molecular formula is C22H33IN6. The maximum atomic E-state index is 4.76. The van der Waals surface area contributed by atoms with Gasteiger partial charge in [0.2, 0.25) is 0 Å². The number of piperidine rings is 1. The van der Waals surface area contributed by atoms with Gasteiger partial charge in [-0.05, 0) is 56.9 Å². The van der Waals surface area contributed by atoms with Crippen molar-refractivity contribution in [3.8, 4) is 0 Å². The number of nitrogens with one attached hydrogen (secondary N) is 2. The third kappa shape index (κ3) is 8.26.